The zero-order chi connectivity index (χ0) is 27.6. The number of benzene rings is 6. The number of para-hydroxylation sites is 1. The quantitative estimate of drug-likeness (QED) is 0.179. The Morgan fingerprint density at radius 3 is 2.15 bits per heavy atom. The summed E-state index contributed by atoms with van der Waals surface area (Å²) < 4.78 is 6.13. The number of amidine groups is 2. The maximum Gasteiger partial charge on any atom is 0.157 e. The van der Waals surface area contributed by atoms with Crippen molar-refractivity contribution in [3.05, 3.63) is 156 Å². The van der Waals surface area contributed by atoms with Crippen LogP contribution in [0.25, 0.3) is 43.8 Å². The number of hydrogen-bond acceptors (Lipinski definition) is 2. The molecule has 0 saturated carbocycles. The van der Waals surface area contributed by atoms with Gasteiger partial charge in [-0.3, -0.25) is 4.99 Å². The summed E-state index contributed by atoms with van der Waals surface area (Å²) in [6, 6.07) is 47.2. The van der Waals surface area contributed by atoms with E-state index in [4.69, 9.17) is 20.1 Å². The highest BCUT2D eigenvalue weighted by Gasteiger charge is 2.13. The molecule has 0 aliphatic rings. The second kappa shape index (κ2) is 10.6. The van der Waals surface area contributed by atoms with E-state index in [2.05, 4.69) is 66.7 Å². The van der Waals surface area contributed by atoms with Crippen LogP contribution in [0.1, 0.15) is 16.7 Å². The topological polar surface area (TPSA) is 63.9 Å². The van der Waals surface area contributed by atoms with Crippen molar-refractivity contribution in [1.29, 1.82) is 0 Å². The number of fused-ring (bicyclic) bond motifs is 5. The minimum atomic E-state index is 0.422. The van der Waals surface area contributed by atoms with Gasteiger partial charge in [0, 0.05) is 21.9 Å². The van der Waals surface area contributed by atoms with E-state index in [1.54, 1.807) is 0 Å². The standard InChI is InChI=1S/C37H27N3O/c38-36(40-37(26-13-5-2-6-14-26)39-24-25-11-3-1-4-12-25)28-16-9-15-27(23-28)29-18-10-19-31-30(29)21-22-34-35(31)32-17-7-8-20-33(32)41-34/h1-23H,24H2,(H2,38,39,40). The third kappa shape index (κ3) is 4.77. The highest BCUT2D eigenvalue weighted by atomic mass is 16.3. The molecule has 0 saturated heterocycles. The normalized spacial score (nSPS) is 12.4. The molecule has 7 aromatic rings. The van der Waals surface area contributed by atoms with Crippen LogP contribution in [0.2, 0.25) is 0 Å². The van der Waals surface area contributed by atoms with Crippen LogP contribution < -0.4 is 5.73 Å². The summed E-state index contributed by atoms with van der Waals surface area (Å²) in [4.78, 5) is 9.67. The molecule has 4 nitrogen and oxygen atoms in total. The Labute approximate surface area is 238 Å². The molecule has 0 aliphatic heterocycles. The molecule has 4 heteroatoms. The molecule has 41 heavy (non-hydrogen) atoms. The summed E-state index contributed by atoms with van der Waals surface area (Å²) in [6.45, 7) is 0.523. The smallest absolute Gasteiger partial charge is 0.157 e. The Morgan fingerprint density at radius 2 is 1.29 bits per heavy atom. The predicted molar refractivity (Wildman–Crippen MR) is 171 cm³/mol. The first-order valence-corrected chi connectivity index (χ1v) is 13.7. The first-order chi connectivity index (χ1) is 20.2. The van der Waals surface area contributed by atoms with E-state index in [9.17, 15) is 0 Å². The molecule has 1 heterocycles. The maximum absolute atomic E-state index is 6.64. The fraction of sp³-hybridized carbons (Fsp3) is 0.0270. The van der Waals surface area contributed by atoms with Gasteiger partial charge in [-0.15, -0.1) is 0 Å². The predicted octanol–water partition coefficient (Wildman–Crippen LogP) is 8.76. The van der Waals surface area contributed by atoms with Crippen LogP contribution in [0, 0.1) is 0 Å². The van der Waals surface area contributed by atoms with Crippen LogP contribution in [0.4, 0.5) is 0 Å². The Kier molecular flexibility index (Phi) is 6.34. The maximum atomic E-state index is 6.64. The molecule has 6 aromatic carbocycles. The molecule has 0 fully saturated rings. The first-order valence-electron chi connectivity index (χ1n) is 13.7. The van der Waals surface area contributed by atoms with E-state index in [1.165, 1.54) is 0 Å². The number of hydrogen-bond donors (Lipinski definition) is 1. The van der Waals surface area contributed by atoms with Gasteiger partial charge >= 0.3 is 0 Å². The van der Waals surface area contributed by atoms with Crippen LogP contribution in [0.3, 0.4) is 0 Å². The number of nitrogens with two attached hydrogens (primary N) is 1. The molecular formula is C37H27N3O. The summed E-state index contributed by atoms with van der Waals surface area (Å²) in [6.07, 6.45) is 0. The molecule has 0 bridgehead atoms. The number of aliphatic imine (C=N–C) groups is 2. The lowest BCUT2D eigenvalue weighted by Gasteiger charge is -2.10. The van der Waals surface area contributed by atoms with Gasteiger partial charge in [0.2, 0.25) is 0 Å². The van der Waals surface area contributed by atoms with Gasteiger partial charge in [-0.05, 0) is 45.7 Å². The van der Waals surface area contributed by atoms with Crippen molar-refractivity contribution in [3.63, 3.8) is 0 Å². The molecule has 0 spiro atoms. The van der Waals surface area contributed by atoms with Gasteiger partial charge in [-0.2, -0.15) is 0 Å². The first kappa shape index (κ1) is 24.6. The molecule has 196 valence electrons. The monoisotopic (exact) mass is 529 g/mol. The molecule has 0 radical (unpaired) electrons. The second-order valence-corrected chi connectivity index (χ2v) is 10.0. The Hall–Kier alpha value is -5.48. The van der Waals surface area contributed by atoms with Crippen LogP contribution in [0.5, 0.6) is 0 Å². The average molecular weight is 530 g/mol. The summed E-state index contributed by atoms with van der Waals surface area (Å²) >= 11 is 0. The van der Waals surface area contributed by atoms with Crippen molar-refractivity contribution in [3.8, 4) is 11.1 Å². The summed E-state index contributed by atoms with van der Waals surface area (Å²) in [5.74, 6) is 1.03. The lowest BCUT2D eigenvalue weighted by Crippen LogP contribution is -2.16. The van der Waals surface area contributed by atoms with Gasteiger partial charge < -0.3 is 10.2 Å². The zero-order valence-electron chi connectivity index (χ0n) is 22.4. The largest absolute Gasteiger partial charge is 0.456 e. The Morgan fingerprint density at radius 1 is 0.585 bits per heavy atom. The molecule has 0 aliphatic carbocycles. The summed E-state index contributed by atoms with van der Waals surface area (Å²) in [5.41, 5.74) is 13.5. The number of rotatable bonds is 5. The molecule has 7 rings (SSSR count). The minimum absolute atomic E-state index is 0.422. The number of furan rings is 1. The van der Waals surface area contributed by atoms with E-state index >= 15 is 0 Å². The average Bonchev–Trinajstić information content (AvgIpc) is 3.43. The van der Waals surface area contributed by atoms with Gasteiger partial charge in [0.25, 0.3) is 0 Å². The fourth-order valence-corrected chi connectivity index (χ4v) is 5.39. The van der Waals surface area contributed by atoms with Gasteiger partial charge in [0.15, 0.2) is 5.84 Å². The van der Waals surface area contributed by atoms with Crippen molar-refractivity contribution in [2.75, 3.05) is 0 Å². The highest BCUT2D eigenvalue weighted by molar-refractivity contribution is 6.21. The van der Waals surface area contributed by atoms with Crippen LogP contribution in [-0.4, -0.2) is 11.7 Å². The van der Waals surface area contributed by atoms with Gasteiger partial charge in [0.1, 0.15) is 17.0 Å². The molecule has 0 amide bonds. The van der Waals surface area contributed by atoms with Crippen molar-refractivity contribution in [2.24, 2.45) is 15.7 Å². The van der Waals surface area contributed by atoms with Gasteiger partial charge in [-0.1, -0.05) is 121 Å². The fourth-order valence-electron chi connectivity index (χ4n) is 5.39. The Balaban J connectivity index is 1.30. The van der Waals surface area contributed by atoms with E-state index in [0.29, 0.717) is 18.2 Å². The van der Waals surface area contributed by atoms with Crippen molar-refractivity contribution < 1.29 is 4.42 Å². The van der Waals surface area contributed by atoms with Crippen molar-refractivity contribution >= 4 is 44.4 Å². The highest BCUT2D eigenvalue weighted by Crippen LogP contribution is 2.38. The SMILES string of the molecule is NC(=NC(=NCc1ccccc1)c1ccccc1)c1cccc(-c2cccc3c2ccc2oc4ccccc4c23)c1. The van der Waals surface area contributed by atoms with Crippen molar-refractivity contribution in [1.82, 2.24) is 0 Å². The van der Waals surface area contributed by atoms with Gasteiger partial charge in [-0.25, -0.2) is 4.99 Å². The molecule has 1 aromatic heterocycles. The third-order valence-electron chi connectivity index (χ3n) is 7.38. The summed E-state index contributed by atoms with van der Waals surface area (Å²) in [5, 5.41) is 4.59. The molecular weight excluding hydrogens is 502 g/mol. The molecule has 2 N–H and O–H groups in total. The Bertz CT molecular complexity index is 2070. The van der Waals surface area contributed by atoms with E-state index in [0.717, 1.165) is 60.5 Å². The van der Waals surface area contributed by atoms with Crippen molar-refractivity contribution in [2.45, 2.75) is 6.54 Å². The molecule has 0 unspecified atom stereocenters. The lowest BCUT2D eigenvalue weighted by atomic mass is 9.94. The van der Waals surface area contributed by atoms with Crippen LogP contribution in [-0.2, 0) is 6.54 Å². The van der Waals surface area contributed by atoms with E-state index < -0.39 is 0 Å². The van der Waals surface area contributed by atoms with Crippen LogP contribution >= 0.6 is 0 Å². The lowest BCUT2D eigenvalue weighted by molar-refractivity contribution is 0.669. The van der Waals surface area contributed by atoms with E-state index in [-0.39, 0.29) is 0 Å². The van der Waals surface area contributed by atoms with Gasteiger partial charge in [0.05, 0.1) is 6.54 Å². The zero-order valence-corrected chi connectivity index (χ0v) is 22.4. The van der Waals surface area contributed by atoms with E-state index in [1.807, 2.05) is 72.8 Å². The number of nitrogens with zero attached hydrogens (tertiary/aromatic N) is 2. The molecule has 0 atom stereocenters. The minimum Gasteiger partial charge on any atom is -0.456 e. The second-order valence-electron chi connectivity index (χ2n) is 10.0. The summed E-state index contributed by atoms with van der Waals surface area (Å²) in [7, 11) is 0. The van der Waals surface area contributed by atoms with Crippen LogP contribution in [0.15, 0.2) is 154 Å². The third-order valence-corrected chi connectivity index (χ3v) is 7.38.